The molecule has 0 radical (unpaired) electrons. The van der Waals surface area contributed by atoms with Crippen LogP contribution in [0.15, 0.2) is 24.3 Å². The van der Waals surface area contributed by atoms with Crippen LogP contribution in [0, 0.1) is 17.7 Å². The molecule has 22 heavy (non-hydrogen) atoms. The van der Waals surface area contributed by atoms with Crippen LogP contribution in [0.1, 0.15) is 38.2 Å². The maximum absolute atomic E-state index is 13.1. The number of halogens is 1. The van der Waals surface area contributed by atoms with Crippen LogP contribution in [-0.4, -0.2) is 23.0 Å². The average molecular weight is 307 g/mol. The molecule has 2 rings (SSSR count). The number of aliphatic carboxylic acids is 1. The van der Waals surface area contributed by atoms with Crippen molar-refractivity contribution in [1.82, 2.24) is 5.32 Å². The molecule has 1 aromatic carbocycles. The fourth-order valence-corrected chi connectivity index (χ4v) is 2.89. The standard InChI is InChI=1S/C17H22FNO3/c1-11(5-6-12-3-2-4-14(18)9-12)16(20)19-15-8-7-13(10-15)17(21)22/h2-4,9,11,13,15H,5-8,10H2,1H3,(H,19,20)(H,21,22)/t11?,13-,15+/m1/s1. The normalized spacial score (nSPS) is 22.3. The molecule has 1 aliphatic carbocycles. The molecule has 1 amide bonds. The van der Waals surface area contributed by atoms with Crippen molar-refractivity contribution in [3.63, 3.8) is 0 Å². The van der Waals surface area contributed by atoms with Crippen molar-refractivity contribution in [3.8, 4) is 0 Å². The Morgan fingerprint density at radius 2 is 2.18 bits per heavy atom. The number of carboxylic acids is 1. The van der Waals surface area contributed by atoms with E-state index in [-0.39, 0.29) is 29.6 Å². The zero-order valence-corrected chi connectivity index (χ0v) is 12.7. The molecule has 0 saturated heterocycles. The molecule has 0 spiro atoms. The number of nitrogens with one attached hydrogen (secondary N) is 1. The van der Waals surface area contributed by atoms with E-state index in [9.17, 15) is 14.0 Å². The van der Waals surface area contributed by atoms with Gasteiger partial charge >= 0.3 is 5.97 Å². The minimum absolute atomic E-state index is 0.0368. The van der Waals surface area contributed by atoms with E-state index in [1.807, 2.05) is 13.0 Å². The third kappa shape index (κ3) is 4.55. The molecule has 4 nitrogen and oxygen atoms in total. The van der Waals surface area contributed by atoms with Crippen LogP contribution >= 0.6 is 0 Å². The molecular weight excluding hydrogens is 285 g/mol. The number of carbonyl (C=O) groups excluding carboxylic acids is 1. The van der Waals surface area contributed by atoms with Crippen molar-refractivity contribution in [2.45, 2.75) is 45.1 Å². The van der Waals surface area contributed by atoms with Crippen molar-refractivity contribution < 1.29 is 19.1 Å². The number of hydrogen-bond acceptors (Lipinski definition) is 2. The van der Waals surface area contributed by atoms with Gasteiger partial charge in [0.25, 0.3) is 0 Å². The Morgan fingerprint density at radius 1 is 1.41 bits per heavy atom. The van der Waals surface area contributed by atoms with Gasteiger partial charge in [0.2, 0.25) is 5.91 Å². The summed E-state index contributed by atoms with van der Waals surface area (Å²) in [6.45, 7) is 1.85. The lowest BCUT2D eigenvalue weighted by molar-refractivity contribution is -0.141. The molecule has 1 saturated carbocycles. The molecule has 1 unspecified atom stereocenters. The fraction of sp³-hybridized carbons (Fsp3) is 0.529. The van der Waals surface area contributed by atoms with Gasteiger partial charge in [-0.15, -0.1) is 0 Å². The minimum Gasteiger partial charge on any atom is -0.481 e. The third-order valence-electron chi connectivity index (χ3n) is 4.33. The number of aryl methyl sites for hydroxylation is 1. The summed E-state index contributed by atoms with van der Waals surface area (Å²) < 4.78 is 13.1. The van der Waals surface area contributed by atoms with Gasteiger partial charge in [-0.05, 0) is 49.8 Å². The summed E-state index contributed by atoms with van der Waals surface area (Å²) in [6.07, 6.45) is 3.15. The number of benzene rings is 1. The van der Waals surface area contributed by atoms with Crippen LogP contribution in [0.3, 0.4) is 0 Å². The summed E-state index contributed by atoms with van der Waals surface area (Å²) in [5.74, 6) is -1.61. The van der Waals surface area contributed by atoms with Gasteiger partial charge in [0, 0.05) is 12.0 Å². The predicted octanol–water partition coefficient (Wildman–Crippen LogP) is 2.76. The Hall–Kier alpha value is -1.91. The first-order valence-electron chi connectivity index (χ1n) is 7.73. The zero-order valence-electron chi connectivity index (χ0n) is 12.7. The van der Waals surface area contributed by atoms with E-state index in [1.165, 1.54) is 12.1 Å². The number of rotatable bonds is 6. The number of hydrogen-bond donors (Lipinski definition) is 2. The van der Waals surface area contributed by atoms with Gasteiger partial charge in [-0.2, -0.15) is 0 Å². The van der Waals surface area contributed by atoms with E-state index in [1.54, 1.807) is 6.07 Å². The van der Waals surface area contributed by atoms with Crippen LogP contribution < -0.4 is 5.32 Å². The Balaban J connectivity index is 1.76. The SMILES string of the molecule is CC(CCc1cccc(F)c1)C(=O)N[C@H]1CC[C@@H](C(=O)O)C1. The van der Waals surface area contributed by atoms with E-state index in [0.29, 0.717) is 25.7 Å². The average Bonchev–Trinajstić information content (AvgIpc) is 2.93. The van der Waals surface area contributed by atoms with Gasteiger partial charge in [-0.1, -0.05) is 19.1 Å². The predicted molar refractivity (Wildman–Crippen MR) is 80.8 cm³/mol. The first-order chi connectivity index (χ1) is 10.5. The summed E-state index contributed by atoms with van der Waals surface area (Å²) >= 11 is 0. The van der Waals surface area contributed by atoms with Crippen LogP contribution in [0.25, 0.3) is 0 Å². The van der Waals surface area contributed by atoms with Gasteiger partial charge in [0.15, 0.2) is 0 Å². The second-order valence-corrected chi connectivity index (χ2v) is 6.12. The molecule has 1 fully saturated rings. The van der Waals surface area contributed by atoms with Crippen LogP contribution in [0.4, 0.5) is 4.39 Å². The highest BCUT2D eigenvalue weighted by molar-refractivity contribution is 5.79. The molecule has 1 aliphatic rings. The lowest BCUT2D eigenvalue weighted by atomic mass is 10.00. The highest BCUT2D eigenvalue weighted by Crippen LogP contribution is 2.26. The Bertz CT molecular complexity index is 546. The van der Waals surface area contributed by atoms with Crippen molar-refractivity contribution >= 4 is 11.9 Å². The van der Waals surface area contributed by atoms with Crippen molar-refractivity contribution in [2.75, 3.05) is 0 Å². The smallest absolute Gasteiger partial charge is 0.306 e. The molecule has 2 N–H and O–H groups in total. The molecule has 0 heterocycles. The van der Waals surface area contributed by atoms with Crippen LogP contribution in [0.2, 0.25) is 0 Å². The molecule has 0 aliphatic heterocycles. The van der Waals surface area contributed by atoms with E-state index in [2.05, 4.69) is 5.32 Å². The first kappa shape index (κ1) is 16.5. The van der Waals surface area contributed by atoms with Crippen molar-refractivity contribution in [3.05, 3.63) is 35.6 Å². The Kier molecular flexibility index (Phi) is 5.52. The number of carbonyl (C=O) groups is 2. The van der Waals surface area contributed by atoms with E-state index < -0.39 is 5.97 Å². The van der Waals surface area contributed by atoms with Crippen LogP contribution in [-0.2, 0) is 16.0 Å². The molecule has 0 aromatic heterocycles. The summed E-state index contributed by atoms with van der Waals surface area (Å²) in [5.41, 5.74) is 0.881. The lowest BCUT2D eigenvalue weighted by Crippen LogP contribution is -2.37. The lowest BCUT2D eigenvalue weighted by Gasteiger charge is -2.17. The van der Waals surface area contributed by atoms with E-state index in [4.69, 9.17) is 5.11 Å². The van der Waals surface area contributed by atoms with E-state index >= 15 is 0 Å². The summed E-state index contributed by atoms with van der Waals surface area (Å²) in [5, 5.41) is 11.9. The monoisotopic (exact) mass is 307 g/mol. The van der Waals surface area contributed by atoms with E-state index in [0.717, 1.165) is 12.0 Å². The fourth-order valence-electron chi connectivity index (χ4n) is 2.89. The number of amides is 1. The molecule has 3 atom stereocenters. The quantitative estimate of drug-likeness (QED) is 0.849. The molecule has 120 valence electrons. The molecule has 0 bridgehead atoms. The summed E-state index contributed by atoms with van der Waals surface area (Å²) in [6, 6.07) is 6.37. The second kappa shape index (κ2) is 7.38. The topological polar surface area (TPSA) is 66.4 Å². The zero-order chi connectivity index (χ0) is 16.1. The Labute approximate surface area is 129 Å². The molecule has 5 heteroatoms. The maximum atomic E-state index is 13.1. The third-order valence-corrected chi connectivity index (χ3v) is 4.33. The van der Waals surface area contributed by atoms with Crippen molar-refractivity contribution in [1.29, 1.82) is 0 Å². The largest absolute Gasteiger partial charge is 0.481 e. The van der Waals surface area contributed by atoms with Crippen LogP contribution in [0.5, 0.6) is 0 Å². The summed E-state index contributed by atoms with van der Waals surface area (Å²) in [7, 11) is 0. The first-order valence-corrected chi connectivity index (χ1v) is 7.73. The second-order valence-electron chi connectivity index (χ2n) is 6.12. The summed E-state index contributed by atoms with van der Waals surface area (Å²) in [4.78, 5) is 23.0. The molecular formula is C17H22FNO3. The van der Waals surface area contributed by atoms with Crippen molar-refractivity contribution in [2.24, 2.45) is 11.8 Å². The number of carboxylic acid groups (broad SMARTS) is 1. The van der Waals surface area contributed by atoms with Gasteiger partial charge in [-0.25, -0.2) is 4.39 Å². The van der Waals surface area contributed by atoms with Gasteiger partial charge < -0.3 is 10.4 Å². The maximum Gasteiger partial charge on any atom is 0.306 e. The minimum atomic E-state index is -0.782. The van der Waals surface area contributed by atoms with Gasteiger partial charge in [0.1, 0.15) is 5.82 Å². The van der Waals surface area contributed by atoms with Gasteiger partial charge in [-0.3, -0.25) is 9.59 Å². The van der Waals surface area contributed by atoms with Gasteiger partial charge in [0.05, 0.1) is 5.92 Å². The highest BCUT2D eigenvalue weighted by atomic mass is 19.1. The highest BCUT2D eigenvalue weighted by Gasteiger charge is 2.31. The molecule has 1 aromatic rings. The Morgan fingerprint density at radius 3 is 2.82 bits per heavy atom.